The van der Waals surface area contributed by atoms with E-state index in [0.29, 0.717) is 48.1 Å². The van der Waals surface area contributed by atoms with Crippen molar-refractivity contribution in [2.75, 3.05) is 37.0 Å². The fraction of sp³-hybridized carbons (Fsp3) is 0.370. The quantitative estimate of drug-likeness (QED) is 0.238. The molecule has 1 atom stereocenters. The summed E-state index contributed by atoms with van der Waals surface area (Å²) in [5.74, 6) is 1.67. The molecule has 0 amide bonds. The first-order valence-corrected chi connectivity index (χ1v) is 13.1. The van der Waals surface area contributed by atoms with Crippen LogP contribution in [-0.4, -0.2) is 69.1 Å². The van der Waals surface area contributed by atoms with E-state index in [1.165, 1.54) is 19.5 Å². The zero-order chi connectivity index (χ0) is 30.6. The third kappa shape index (κ3) is 6.97. The lowest BCUT2D eigenvalue weighted by atomic mass is 10.0. The van der Waals surface area contributed by atoms with E-state index in [1.807, 2.05) is 4.90 Å². The van der Waals surface area contributed by atoms with Crippen LogP contribution < -0.4 is 20.5 Å². The van der Waals surface area contributed by atoms with Gasteiger partial charge in [0, 0.05) is 31.5 Å². The third-order valence-electron chi connectivity index (χ3n) is 6.60. The third-order valence-corrected chi connectivity index (χ3v) is 6.60. The van der Waals surface area contributed by atoms with Crippen molar-refractivity contribution in [1.82, 2.24) is 29.9 Å². The lowest BCUT2D eigenvalue weighted by Crippen LogP contribution is -2.46. The average molecular weight is 601 g/mol. The number of aldehydes is 1. The first-order valence-electron chi connectivity index (χ1n) is 13.1. The number of nitrogens with zero attached hydrogens (tertiary/aromatic N) is 7. The van der Waals surface area contributed by atoms with Gasteiger partial charge in [-0.2, -0.15) is 18.3 Å². The second kappa shape index (κ2) is 12.6. The molecule has 226 valence electrons. The Kier molecular flexibility index (Phi) is 8.66. The molecule has 16 heteroatoms. The Hall–Kier alpha value is -4.86. The molecule has 1 aromatic carbocycles. The maximum absolute atomic E-state index is 13.9. The minimum absolute atomic E-state index is 0.0186. The Morgan fingerprint density at radius 3 is 2.51 bits per heavy atom. The number of aromatic nitrogens is 6. The van der Waals surface area contributed by atoms with E-state index in [1.54, 1.807) is 31.2 Å². The predicted octanol–water partition coefficient (Wildman–Crippen LogP) is 2.93. The summed E-state index contributed by atoms with van der Waals surface area (Å²) in [5.41, 5.74) is -2.08. The number of carbonyl (C=O) groups is 1. The highest BCUT2D eigenvalue weighted by Crippen LogP contribution is 2.32. The van der Waals surface area contributed by atoms with Crippen LogP contribution >= 0.6 is 0 Å². The number of carbonyl (C=O) groups excluding carboxylic acids is 1. The fourth-order valence-electron chi connectivity index (χ4n) is 4.36. The zero-order valence-electron chi connectivity index (χ0n) is 23.1. The van der Waals surface area contributed by atoms with Gasteiger partial charge in [-0.05, 0) is 24.6 Å². The second-order valence-electron chi connectivity index (χ2n) is 9.87. The fourth-order valence-corrected chi connectivity index (χ4v) is 4.36. The van der Waals surface area contributed by atoms with E-state index in [9.17, 15) is 22.8 Å². The van der Waals surface area contributed by atoms with E-state index in [4.69, 9.17) is 13.9 Å². The molecule has 0 aliphatic carbocycles. The maximum atomic E-state index is 13.9. The highest BCUT2D eigenvalue weighted by molar-refractivity contribution is 5.73. The van der Waals surface area contributed by atoms with Gasteiger partial charge in [-0.3, -0.25) is 9.59 Å². The highest BCUT2D eigenvalue weighted by atomic mass is 19.4. The van der Waals surface area contributed by atoms with Crippen LogP contribution in [0.3, 0.4) is 0 Å². The van der Waals surface area contributed by atoms with Crippen molar-refractivity contribution < 1.29 is 31.9 Å². The van der Waals surface area contributed by atoms with Gasteiger partial charge in [-0.15, -0.1) is 10.2 Å². The Morgan fingerprint density at radius 1 is 1.14 bits per heavy atom. The van der Waals surface area contributed by atoms with Crippen LogP contribution in [0.5, 0.6) is 5.75 Å². The van der Waals surface area contributed by atoms with Crippen LogP contribution in [0.4, 0.5) is 24.8 Å². The number of rotatable bonds is 12. The first kappa shape index (κ1) is 29.6. The summed E-state index contributed by atoms with van der Waals surface area (Å²) in [7, 11) is 1.50. The van der Waals surface area contributed by atoms with E-state index in [0.717, 1.165) is 10.9 Å². The molecule has 0 spiro atoms. The summed E-state index contributed by atoms with van der Waals surface area (Å²) in [4.78, 5) is 33.7. The number of ether oxygens (including phenoxy) is 2. The number of methoxy groups -OCH3 is 1. The van der Waals surface area contributed by atoms with Crippen LogP contribution in [0.15, 0.2) is 52.1 Å². The average Bonchev–Trinajstić information content (AvgIpc) is 3.42. The van der Waals surface area contributed by atoms with Crippen molar-refractivity contribution in [2.24, 2.45) is 0 Å². The van der Waals surface area contributed by atoms with Gasteiger partial charge in [-0.1, -0.05) is 12.1 Å². The minimum Gasteiger partial charge on any atom is -0.497 e. The Morgan fingerprint density at radius 2 is 1.86 bits per heavy atom. The van der Waals surface area contributed by atoms with E-state index >= 15 is 0 Å². The molecule has 1 N–H and O–H groups in total. The van der Waals surface area contributed by atoms with Gasteiger partial charge in [0.1, 0.15) is 17.9 Å². The molecule has 1 saturated heterocycles. The molecule has 0 radical (unpaired) electrons. The number of hydrogen-bond donors (Lipinski definition) is 1. The summed E-state index contributed by atoms with van der Waals surface area (Å²) >= 11 is 0. The molecule has 5 rings (SSSR count). The molecule has 1 fully saturated rings. The van der Waals surface area contributed by atoms with E-state index < -0.39 is 29.0 Å². The molecule has 1 unspecified atom stereocenters. The van der Waals surface area contributed by atoms with Gasteiger partial charge < -0.3 is 24.1 Å². The van der Waals surface area contributed by atoms with Gasteiger partial charge >= 0.3 is 6.18 Å². The molecule has 4 aromatic rings. The summed E-state index contributed by atoms with van der Waals surface area (Å²) < 4.78 is 58.9. The van der Waals surface area contributed by atoms with Crippen molar-refractivity contribution in [3.8, 4) is 5.75 Å². The number of benzene rings is 1. The van der Waals surface area contributed by atoms with Crippen LogP contribution in [0.2, 0.25) is 0 Å². The van der Waals surface area contributed by atoms with Crippen LogP contribution in [-0.2, 0) is 24.1 Å². The largest absolute Gasteiger partial charge is 0.497 e. The molecular formula is C27H27F3N8O5. The maximum Gasteiger partial charge on any atom is 0.423 e. The van der Waals surface area contributed by atoms with Crippen molar-refractivity contribution in [3.05, 3.63) is 81.7 Å². The van der Waals surface area contributed by atoms with E-state index in [2.05, 4.69) is 30.6 Å². The summed E-state index contributed by atoms with van der Waals surface area (Å²) in [6.07, 6.45) is -0.370. The number of anilines is 2. The zero-order valence-corrected chi connectivity index (χ0v) is 23.1. The van der Waals surface area contributed by atoms with Crippen LogP contribution in [0.25, 0.3) is 0 Å². The van der Waals surface area contributed by atoms with Crippen LogP contribution in [0.1, 0.15) is 46.1 Å². The number of alkyl halides is 3. The monoisotopic (exact) mass is 600 g/mol. The van der Waals surface area contributed by atoms with Crippen molar-refractivity contribution >= 4 is 17.9 Å². The SMILES string of the molecule is COc1ccc(Cn2ncc(NC(C)COCc3nnc(C4CN(c5ncc(C=O)cn5)C4)o3)c(C(F)(F)F)c2=O)cc1. The summed E-state index contributed by atoms with van der Waals surface area (Å²) in [6.45, 7) is 2.50. The normalized spacial score (nSPS) is 14.3. The van der Waals surface area contributed by atoms with Crippen molar-refractivity contribution in [3.63, 3.8) is 0 Å². The summed E-state index contributed by atoms with van der Waals surface area (Å²) in [6, 6.07) is 5.96. The number of halogens is 3. The molecule has 4 heterocycles. The Bertz CT molecular complexity index is 1600. The molecule has 0 bridgehead atoms. The molecule has 1 aliphatic heterocycles. The second-order valence-corrected chi connectivity index (χ2v) is 9.87. The minimum atomic E-state index is -4.91. The molecule has 3 aromatic heterocycles. The van der Waals surface area contributed by atoms with Gasteiger partial charge in [0.15, 0.2) is 6.29 Å². The molecule has 43 heavy (non-hydrogen) atoms. The Labute approximate surface area is 242 Å². The molecule has 0 saturated carbocycles. The molecule has 1 aliphatic rings. The van der Waals surface area contributed by atoms with Crippen molar-refractivity contribution in [1.29, 1.82) is 0 Å². The summed E-state index contributed by atoms with van der Waals surface area (Å²) in [5, 5.41) is 14.6. The standard InChI is InChI=1S/C27H27F3N8O5/c1-16(14-42-15-22-35-36-24(43-22)19-11-37(12-19)26-31-7-18(13-39)8-32-26)34-21-9-33-38(25(40)23(21)27(28,29)30)10-17-3-5-20(41-2)6-4-17/h3-9,13,16,19,34H,10-12,14-15H2,1-2H3. The smallest absolute Gasteiger partial charge is 0.423 e. The van der Waals surface area contributed by atoms with E-state index in [-0.39, 0.29) is 31.6 Å². The first-order chi connectivity index (χ1) is 20.6. The van der Waals surface area contributed by atoms with Gasteiger partial charge in [-0.25, -0.2) is 14.6 Å². The van der Waals surface area contributed by atoms with Crippen molar-refractivity contribution in [2.45, 2.75) is 38.2 Å². The topological polar surface area (TPSA) is 150 Å². The van der Waals surface area contributed by atoms with Crippen LogP contribution in [0, 0.1) is 0 Å². The molecular weight excluding hydrogens is 573 g/mol. The van der Waals surface area contributed by atoms with Gasteiger partial charge in [0.05, 0.1) is 43.6 Å². The van der Waals surface area contributed by atoms with Gasteiger partial charge in [0.2, 0.25) is 17.7 Å². The highest BCUT2D eigenvalue weighted by Gasteiger charge is 2.38. The lowest BCUT2D eigenvalue weighted by Gasteiger charge is -2.36. The lowest BCUT2D eigenvalue weighted by molar-refractivity contribution is -0.138. The number of nitrogens with one attached hydrogen (secondary N) is 1. The Balaban J connectivity index is 1.14. The number of hydrogen-bond acceptors (Lipinski definition) is 12. The van der Waals surface area contributed by atoms with Gasteiger partial charge in [0.25, 0.3) is 5.56 Å². The molecule has 13 nitrogen and oxygen atoms in total. The predicted molar refractivity (Wildman–Crippen MR) is 145 cm³/mol.